The molecular weight excluding hydrogens is 402 g/mol. The number of rotatable bonds is 4. The van der Waals surface area contributed by atoms with Crippen LogP contribution in [0.5, 0.6) is 0 Å². The summed E-state index contributed by atoms with van der Waals surface area (Å²) < 4.78 is 30.3. The molecule has 0 bridgehead atoms. The average Bonchev–Trinajstić information content (AvgIpc) is 3.17. The van der Waals surface area contributed by atoms with Crippen molar-refractivity contribution in [1.29, 1.82) is 0 Å². The molecule has 0 fully saturated rings. The van der Waals surface area contributed by atoms with Crippen LogP contribution in [-0.4, -0.2) is 28.7 Å². The van der Waals surface area contributed by atoms with E-state index < -0.39 is 10.0 Å². The molecule has 1 amide bonds. The van der Waals surface area contributed by atoms with E-state index in [1.165, 1.54) is 6.07 Å². The lowest BCUT2D eigenvalue weighted by atomic mass is 10.0. The Morgan fingerprint density at radius 1 is 1.07 bits per heavy atom. The largest absolute Gasteiger partial charge is 0.326 e. The number of aromatic nitrogens is 3. The van der Waals surface area contributed by atoms with Crippen LogP contribution in [0.4, 0.5) is 11.4 Å². The lowest BCUT2D eigenvalue weighted by molar-refractivity contribution is -0.116. The minimum atomic E-state index is -3.78. The van der Waals surface area contributed by atoms with Crippen molar-refractivity contribution in [3.8, 4) is 11.3 Å². The number of hydrogen-bond donors (Lipinski definition) is 2. The van der Waals surface area contributed by atoms with Gasteiger partial charge in [0.15, 0.2) is 0 Å². The molecule has 4 aromatic rings. The fraction of sp³-hybridized carbons (Fsp3) is 0.0952. The number of carbonyl (C=O) groups excluding carboxylic acids is 1. The first-order valence-corrected chi connectivity index (χ1v) is 10.8. The number of nitrogens with one attached hydrogen (secondary N) is 2. The maximum atomic E-state index is 12.9. The highest BCUT2D eigenvalue weighted by Crippen LogP contribution is 2.28. The van der Waals surface area contributed by atoms with Crippen molar-refractivity contribution in [2.24, 2.45) is 0 Å². The van der Waals surface area contributed by atoms with Crippen molar-refractivity contribution in [3.05, 3.63) is 72.7 Å². The van der Waals surface area contributed by atoms with Crippen LogP contribution in [0.3, 0.4) is 0 Å². The molecule has 5 rings (SSSR count). The van der Waals surface area contributed by atoms with Crippen molar-refractivity contribution in [1.82, 2.24) is 14.4 Å². The summed E-state index contributed by atoms with van der Waals surface area (Å²) in [5.41, 5.74) is 3.37. The number of carbonyl (C=O) groups is 1. The molecule has 30 heavy (non-hydrogen) atoms. The van der Waals surface area contributed by atoms with Gasteiger partial charge in [0.2, 0.25) is 11.7 Å². The number of aryl methyl sites for hydroxylation is 1. The molecule has 0 saturated carbocycles. The molecule has 0 saturated heterocycles. The van der Waals surface area contributed by atoms with E-state index in [4.69, 9.17) is 0 Å². The molecule has 0 aliphatic carbocycles. The van der Waals surface area contributed by atoms with E-state index in [0.717, 1.165) is 11.1 Å². The normalized spacial score (nSPS) is 13.7. The summed E-state index contributed by atoms with van der Waals surface area (Å²) in [5.74, 6) is 0.509. The van der Waals surface area contributed by atoms with Crippen LogP contribution in [0.15, 0.2) is 72.0 Å². The molecule has 1 aliphatic heterocycles. The van der Waals surface area contributed by atoms with Gasteiger partial charge in [0.05, 0.1) is 10.6 Å². The topological polar surface area (TPSA) is 105 Å². The van der Waals surface area contributed by atoms with Gasteiger partial charge in [-0.05, 0) is 48.4 Å². The number of fused-ring (bicyclic) bond motifs is 2. The van der Waals surface area contributed by atoms with Gasteiger partial charge in [-0.25, -0.2) is 18.4 Å². The Kier molecular flexibility index (Phi) is 4.25. The fourth-order valence-corrected chi connectivity index (χ4v) is 4.55. The van der Waals surface area contributed by atoms with Crippen LogP contribution >= 0.6 is 0 Å². The third-order valence-corrected chi connectivity index (χ3v) is 6.31. The van der Waals surface area contributed by atoms with Crippen molar-refractivity contribution >= 4 is 33.1 Å². The highest BCUT2D eigenvalue weighted by atomic mass is 32.2. The van der Waals surface area contributed by atoms with Crippen LogP contribution in [0, 0.1) is 0 Å². The molecule has 0 radical (unpaired) electrons. The molecule has 0 spiro atoms. The summed E-state index contributed by atoms with van der Waals surface area (Å²) >= 11 is 0. The van der Waals surface area contributed by atoms with Crippen molar-refractivity contribution in [2.75, 3.05) is 10.0 Å². The van der Waals surface area contributed by atoms with Crippen molar-refractivity contribution in [3.63, 3.8) is 0 Å². The second-order valence-corrected chi connectivity index (χ2v) is 8.69. The zero-order valence-corrected chi connectivity index (χ0v) is 16.6. The van der Waals surface area contributed by atoms with Crippen molar-refractivity contribution in [2.45, 2.75) is 17.7 Å². The van der Waals surface area contributed by atoms with Crippen LogP contribution in [0.25, 0.3) is 17.0 Å². The first-order chi connectivity index (χ1) is 14.5. The Morgan fingerprint density at radius 3 is 2.83 bits per heavy atom. The van der Waals surface area contributed by atoms with Gasteiger partial charge < -0.3 is 5.32 Å². The van der Waals surface area contributed by atoms with Crippen molar-refractivity contribution < 1.29 is 13.2 Å². The summed E-state index contributed by atoms with van der Waals surface area (Å²) in [5, 5.41) is 2.76. The zero-order chi connectivity index (χ0) is 20.7. The number of sulfonamides is 1. The Hall–Kier alpha value is -3.72. The van der Waals surface area contributed by atoms with E-state index in [0.29, 0.717) is 35.7 Å². The van der Waals surface area contributed by atoms with E-state index in [2.05, 4.69) is 20.0 Å². The molecule has 2 N–H and O–H groups in total. The zero-order valence-electron chi connectivity index (χ0n) is 15.7. The fourth-order valence-electron chi connectivity index (χ4n) is 3.45. The number of benzene rings is 2. The van der Waals surface area contributed by atoms with Gasteiger partial charge in [0, 0.05) is 41.9 Å². The van der Waals surface area contributed by atoms with Gasteiger partial charge >= 0.3 is 0 Å². The van der Waals surface area contributed by atoms with Crippen LogP contribution in [-0.2, 0) is 21.2 Å². The van der Waals surface area contributed by atoms with Crippen LogP contribution in [0.1, 0.15) is 12.0 Å². The van der Waals surface area contributed by atoms with Gasteiger partial charge in [0.25, 0.3) is 10.0 Å². The number of imidazole rings is 1. The third kappa shape index (κ3) is 3.39. The van der Waals surface area contributed by atoms with E-state index >= 15 is 0 Å². The Bertz CT molecular complexity index is 1360. The smallest absolute Gasteiger partial charge is 0.261 e. The standard InChI is InChI=1S/C21H17N5O3S/c27-20-8-5-15-12-17(6-7-18(15)23-20)30(28,29)25-16-4-1-3-14(11-16)19-13-26-10-2-9-22-21(26)24-19/h1-4,6-7,9-13,25H,5,8H2,(H,23,27). The first kappa shape index (κ1) is 18.3. The number of amides is 1. The molecule has 3 heterocycles. The minimum absolute atomic E-state index is 0.0600. The van der Waals surface area contributed by atoms with Crippen LogP contribution < -0.4 is 10.0 Å². The second kappa shape index (κ2) is 6.96. The predicted octanol–water partition coefficient (Wildman–Crippen LogP) is 3.08. The molecule has 2 aromatic carbocycles. The number of hydrogen-bond acceptors (Lipinski definition) is 5. The van der Waals surface area contributed by atoms with E-state index in [1.54, 1.807) is 40.9 Å². The summed E-state index contributed by atoms with van der Waals surface area (Å²) in [4.78, 5) is 20.3. The van der Waals surface area contributed by atoms with Gasteiger partial charge in [-0.1, -0.05) is 12.1 Å². The van der Waals surface area contributed by atoms with E-state index in [1.807, 2.05) is 24.5 Å². The molecular formula is C21H17N5O3S. The quantitative estimate of drug-likeness (QED) is 0.529. The molecule has 0 atom stereocenters. The maximum absolute atomic E-state index is 12.9. The summed E-state index contributed by atoms with van der Waals surface area (Å²) in [7, 11) is -3.78. The Morgan fingerprint density at radius 2 is 1.97 bits per heavy atom. The summed E-state index contributed by atoms with van der Waals surface area (Å²) in [6, 6.07) is 13.6. The lowest BCUT2D eigenvalue weighted by Gasteiger charge is -2.18. The molecule has 9 heteroatoms. The third-order valence-electron chi connectivity index (χ3n) is 4.93. The predicted molar refractivity (Wildman–Crippen MR) is 113 cm³/mol. The highest BCUT2D eigenvalue weighted by molar-refractivity contribution is 7.92. The lowest BCUT2D eigenvalue weighted by Crippen LogP contribution is -2.20. The Balaban J connectivity index is 1.44. The molecule has 150 valence electrons. The summed E-state index contributed by atoms with van der Waals surface area (Å²) in [6.45, 7) is 0. The first-order valence-electron chi connectivity index (χ1n) is 9.34. The van der Waals surface area contributed by atoms with Gasteiger partial charge in [-0.2, -0.15) is 0 Å². The second-order valence-electron chi connectivity index (χ2n) is 7.01. The summed E-state index contributed by atoms with van der Waals surface area (Å²) in [6.07, 6.45) is 6.22. The highest BCUT2D eigenvalue weighted by Gasteiger charge is 2.20. The van der Waals surface area contributed by atoms with Crippen LogP contribution in [0.2, 0.25) is 0 Å². The van der Waals surface area contributed by atoms with Gasteiger partial charge in [0.1, 0.15) is 0 Å². The minimum Gasteiger partial charge on any atom is -0.326 e. The SMILES string of the molecule is O=C1CCc2cc(S(=O)(=O)Nc3cccc(-c4cn5cccnc5n4)c3)ccc2N1. The molecule has 1 aliphatic rings. The average molecular weight is 419 g/mol. The molecule has 8 nitrogen and oxygen atoms in total. The molecule has 0 unspecified atom stereocenters. The molecule has 2 aromatic heterocycles. The van der Waals surface area contributed by atoms with E-state index in [-0.39, 0.29) is 10.8 Å². The van der Waals surface area contributed by atoms with E-state index in [9.17, 15) is 13.2 Å². The Labute approximate surface area is 172 Å². The maximum Gasteiger partial charge on any atom is 0.261 e. The van der Waals surface area contributed by atoms with Gasteiger partial charge in [-0.15, -0.1) is 0 Å². The number of nitrogens with zero attached hydrogens (tertiary/aromatic N) is 3. The van der Waals surface area contributed by atoms with Gasteiger partial charge in [-0.3, -0.25) is 13.9 Å². The monoisotopic (exact) mass is 419 g/mol. The number of anilines is 2.